The molecule has 2 heterocycles. The van der Waals surface area contributed by atoms with Gasteiger partial charge < -0.3 is 14.6 Å². The maximum absolute atomic E-state index is 6.00. The number of halogens is 1. The third kappa shape index (κ3) is 4.43. The summed E-state index contributed by atoms with van der Waals surface area (Å²) in [5.41, 5.74) is 0.805. The van der Waals surface area contributed by atoms with Crippen molar-refractivity contribution in [1.29, 1.82) is 0 Å². The molecular weight excluding hydrogens is 304 g/mol. The van der Waals surface area contributed by atoms with Crippen molar-refractivity contribution in [2.45, 2.75) is 39.3 Å². The third-order valence-electron chi connectivity index (χ3n) is 3.16. The molecule has 0 atom stereocenters. The number of rotatable bonds is 7. The standard InChI is InChI=1S/C14H23ClN4OSi/c1-5-16-12-11-6-7-19(13(11)18-14(15)17-12)10-20-8-9-21(2,3)4/h6-7H,5,8-10H2,1-4H3,(H,16,17,18). The predicted molar refractivity (Wildman–Crippen MR) is 90.8 cm³/mol. The molecule has 0 aliphatic heterocycles. The Labute approximate surface area is 131 Å². The highest BCUT2D eigenvalue weighted by Gasteiger charge is 2.13. The molecule has 21 heavy (non-hydrogen) atoms. The summed E-state index contributed by atoms with van der Waals surface area (Å²) in [5.74, 6) is 0.772. The highest BCUT2D eigenvalue weighted by atomic mass is 35.5. The molecule has 2 rings (SSSR count). The Hall–Kier alpha value is -1.11. The Bertz CT molecular complexity index is 609. The van der Waals surface area contributed by atoms with Crippen molar-refractivity contribution in [2.24, 2.45) is 0 Å². The summed E-state index contributed by atoms with van der Waals surface area (Å²) in [4.78, 5) is 8.54. The summed E-state index contributed by atoms with van der Waals surface area (Å²) in [6.07, 6.45) is 1.96. The van der Waals surface area contributed by atoms with Gasteiger partial charge in [-0.05, 0) is 30.6 Å². The quantitative estimate of drug-likeness (QED) is 0.477. The van der Waals surface area contributed by atoms with E-state index in [4.69, 9.17) is 16.3 Å². The van der Waals surface area contributed by atoms with Gasteiger partial charge >= 0.3 is 0 Å². The lowest BCUT2D eigenvalue weighted by atomic mass is 10.4. The van der Waals surface area contributed by atoms with Gasteiger partial charge in [0.2, 0.25) is 5.28 Å². The molecule has 0 amide bonds. The first kappa shape index (κ1) is 16.3. The zero-order valence-electron chi connectivity index (χ0n) is 13.1. The number of ether oxygens (including phenoxy) is 1. The number of aromatic nitrogens is 3. The summed E-state index contributed by atoms with van der Waals surface area (Å²) in [6, 6.07) is 3.15. The Balaban J connectivity index is 2.11. The fourth-order valence-electron chi connectivity index (χ4n) is 1.99. The van der Waals surface area contributed by atoms with Gasteiger partial charge in [0.15, 0.2) is 0 Å². The van der Waals surface area contributed by atoms with Crippen LogP contribution in [0.25, 0.3) is 11.0 Å². The lowest BCUT2D eigenvalue weighted by molar-refractivity contribution is 0.0899. The van der Waals surface area contributed by atoms with Crippen LogP contribution in [0.1, 0.15) is 6.92 Å². The molecule has 5 nitrogen and oxygen atoms in total. The maximum atomic E-state index is 6.00. The zero-order valence-corrected chi connectivity index (χ0v) is 14.9. The van der Waals surface area contributed by atoms with E-state index in [1.807, 2.05) is 23.8 Å². The van der Waals surface area contributed by atoms with E-state index in [9.17, 15) is 0 Å². The zero-order chi connectivity index (χ0) is 15.5. The number of nitrogens with zero attached hydrogens (tertiary/aromatic N) is 3. The van der Waals surface area contributed by atoms with Crippen molar-refractivity contribution in [3.05, 3.63) is 17.5 Å². The van der Waals surface area contributed by atoms with E-state index in [0.717, 1.165) is 36.0 Å². The predicted octanol–water partition coefficient (Wildman–Crippen LogP) is 3.83. The Morgan fingerprint density at radius 1 is 1.33 bits per heavy atom. The van der Waals surface area contributed by atoms with Crippen LogP contribution >= 0.6 is 11.6 Å². The van der Waals surface area contributed by atoms with Gasteiger partial charge in [-0.3, -0.25) is 0 Å². The second-order valence-electron chi connectivity index (χ2n) is 6.24. The largest absolute Gasteiger partial charge is 0.370 e. The van der Waals surface area contributed by atoms with E-state index in [1.54, 1.807) is 0 Å². The van der Waals surface area contributed by atoms with Crippen LogP contribution in [0.2, 0.25) is 31.0 Å². The first-order valence-corrected chi connectivity index (χ1v) is 11.3. The third-order valence-corrected chi connectivity index (χ3v) is 5.04. The fourth-order valence-corrected chi connectivity index (χ4v) is 2.91. The van der Waals surface area contributed by atoms with E-state index >= 15 is 0 Å². The normalized spacial score (nSPS) is 12.0. The molecule has 2 aromatic rings. The molecule has 116 valence electrons. The van der Waals surface area contributed by atoms with Crippen molar-refractivity contribution < 1.29 is 4.74 Å². The highest BCUT2D eigenvalue weighted by molar-refractivity contribution is 6.76. The van der Waals surface area contributed by atoms with Crippen LogP contribution in [0, 0.1) is 0 Å². The van der Waals surface area contributed by atoms with E-state index in [2.05, 4.69) is 34.9 Å². The number of fused-ring (bicyclic) bond motifs is 1. The number of nitrogens with one attached hydrogen (secondary N) is 1. The molecule has 0 radical (unpaired) electrons. The number of anilines is 1. The average Bonchev–Trinajstić information content (AvgIpc) is 2.77. The average molecular weight is 327 g/mol. The fraction of sp³-hybridized carbons (Fsp3) is 0.571. The summed E-state index contributed by atoms with van der Waals surface area (Å²) >= 11 is 6.00. The van der Waals surface area contributed by atoms with Gasteiger partial charge in [-0.15, -0.1) is 0 Å². The molecule has 0 aliphatic rings. The summed E-state index contributed by atoms with van der Waals surface area (Å²) in [6.45, 7) is 11.1. The van der Waals surface area contributed by atoms with Crippen molar-refractivity contribution in [3.63, 3.8) is 0 Å². The van der Waals surface area contributed by atoms with E-state index in [0.29, 0.717) is 6.73 Å². The molecule has 0 bridgehead atoms. The van der Waals surface area contributed by atoms with Crippen molar-refractivity contribution >= 4 is 36.5 Å². The minimum absolute atomic E-state index is 0.250. The molecule has 0 spiro atoms. The molecule has 0 fully saturated rings. The number of hydrogen-bond acceptors (Lipinski definition) is 4. The molecule has 1 N–H and O–H groups in total. The van der Waals surface area contributed by atoms with Crippen LogP contribution in [-0.4, -0.2) is 35.8 Å². The van der Waals surface area contributed by atoms with Crippen LogP contribution in [0.3, 0.4) is 0 Å². The second-order valence-corrected chi connectivity index (χ2v) is 12.2. The molecule has 0 aliphatic carbocycles. The minimum Gasteiger partial charge on any atom is -0.370 e. The van der Waals surface area contributed by atoms with Crippen molar-refractivity contribution in [3.8, 4) is 0 Å². The summed E-state index contributed by atoms with van der Waals surface area (Å²) < 4.78 is 7.74. The minimum atomic E-state index is -1.05. The lowest BCUT2D eigenvalue weighted by Gasteiger charge is -2.15. The van der Waals surface area contributed by atoms with E-state index in [-0.39, 0.29) is 5.28 Å². The van der Waals surface area contributed by atoms with Crippen LogP contribution in [0.4, 0.5) is 5.82 Å². The molecular formula is C14H23ClN4OSi. The maximum Gasteiger partial charge on any atom is 0.226 e. The molecule has 0 saturated carbocycles. The summed E-state index contributed by atoms with van der Waals surface area (Å²) in [5, 5.41) is 4.43. The number of hydrogen-bond donors (Lipinski definition) is 1. The van der Waals surface area contributed by atoms with Crippen molar-refractivity contribution in [1.82, 2.24) is 14.5 Å². The Morgan fingerprint density at radius 3 is 2.76 bits per heavy atom. The van der Waals surface area contributed by atoms with Gasteiger partial charge in [0.25, 0.3) is 0 Å². The van der Waals surface area contributed by atoms with Gasteiger partial charge in [-0.1, -0.05) is 19.6 Å². The topological polar surface area (TPSA) is 52.0 Å². The van der Waals surface area contributed by atoms with Crippen LogP contribution < -0.4 is 5.32 Å². The van der Waals surface area contributed by atoms with Gasteiger partial charge in [0.05, 0.1) is 5.39 Å². The van der Waals surface area contributed by atoms with Crippen molar-refractivity contribution in [2.75, 3.05) is 18.5 Å². The molecule has 2 aromatic heterocycles. The van der Waals surface area contributed by atoms with Gasteiger partial charge in [-0.2, -0.15) is 4.98 Å². The van der Waals surface area contributed by atoms with E-state index in [1.165, 1.54) is 0 Å². The molecule has 0 aromatic carbocycles. The molecule has 0 unspecified atom stereocenters. The lowest BCUT2D eigenvalue weighted by Crippen LogP contribution is -2.22. The molecule has 7 heteroatoms. The van der Waals surface area contributed by atoms with E-state index < -0.39 is 8.07 Å². The molecule has 0 saturated heterocycles. The Morgan fingerprint density at radius 2 is 2.10 bits per heavy atom. The smallest absolute Gasteiger partial charge is 0.226 e. The van der Waals surface area contributed by atoms with Gasteiger partial charge in [0.1, 0.15) is 18.2 Å². The van der Waals surface area contributed by atoms with Gasteiger partial charge in [0, 0.05) is 27.4 Å². The SMILES string of the molecule is CCNc1nc(Cl)nc2c1ccn2COCC[Si](C)(C)C. The van der Waals surface area contributed by atoms with Crippen LogP contribution in [-0.2, 0) is 11.5 Å². The van der Waals surface area contributed by atoms with Crippen LogP contribution in [0.15, 0.2) is 12.3 Å². The second kappa shape index (κ2) is 6.77. The first-order valence-electron chi connectivity index (χ1n) is 7.25. The summed E-state index contributed by atoms with van der Waals surface area (Å²) in [7, 11) is -1.05. The van der Waals surface area contributed by atoms with Crippen LogP contribution in [0.5, 0.6) is 0 Å². The highest BCUT2D eigenvalue weighted by Crippen LogP contribution is 2.23. The first-order chi connectivity index (χ1) is 9.90. The Kier molecular flexibility index (Phi) is 5.24. The van der Waals surface area contributed by atoms with Gasteiger partial charge in [-0.25, -0.2) is 4.98 Å². The monoisotopic (exact) mass is 326 g/mol.